The fourth-order valence-electron chi connectivity index (χ4n) is 2.48. The lowest BCUT2D eigenvalue weighted by molar-refractivity contribution is 0.834. The number of aromatic nitrogens is 1. The SMILES string of the molecule is C/C(=N\c1c(C(C)C)cccc1C(C)C)c1cccc(Br)n1. The zero-order chi connectivity index (χ0) is 16.3. The van der Waals surface area contributed by atoms with Crippen LogP contribution in [-0.2, 0) is 0 Å². The maximum absolute atomic E-state index is 4.95. The van der Waals surface area contributed by atoms with E-state index in [1.807, 2.05) is 25.1 Å². The van der Waals surface area contributed by atoms with Crippen molar-refractivity contribution in [2.45, 2.75) is 46.5 Å². The number of pyridine rings is 1. The molecule has 0 unspecified atom stereocenters. The summed E-state index contributed by atoms with van der Waals surface area (Å²) in [5.74, 6) is 0.890. The van der Waals surface area contributed by atoms with E-state index in [-0.39, 0.29) is 0 Å². The Bertz CT molecular complexity index is 661. The first-order valence-electron chi connectivity index (χ1n) is 7.71. The van der Waals surface area contributed by atoms with Crippen molar-refractivity contribution in [2.24, 2.45) is 4.99 Å². The fraction of sp³-hybridized carbons (Fsp3) is 0.368. The highest BCUT2D eigenvalue weighted by Gasteiger charge is 2.14. The van der Waals surface area contributed by atoms with Gasteiger partial charge in [-0.3, -0.25) is 4.99 Å². The number of aliphatic imine (C=N–C) groups is 1. The van der Waals surface area contributed by atoms with Crippen LogP contribution in [0.15, 0.2) is 46.0 Å². The summed E-state index contributed by atoms with van der Waals surface area (Å²) in [6.07, 6.45) is 0. The number of benzene rings is 1. The highest BCUT2D eigenvalue weighted by Crippen LogP contribution is 2.35. The molecule has 0 radical (unpaired) electrons. The van der Waals surface area contributed by atoms with Crippen molar-refractivity contribution in [3.05, 3.63) is 57.8 Å². The van der Waals surface area contributed by atoms with Crippen LogP contribution in [0.4, 0.5) is 5.69 Å². The summed E-state index contributed by atoms with van der Waals surface area (Å²) in [5, 5.41) is 0. The lowest BCUT2D eigenvalue weighted by Gasteiger charge is -2.17. The lowest BCUT2D eigenvalue weighted by atomic mass is 9.93. The Morgan fingerprint density at radius 1 is 0.955 bits per heavy atom. The smallest absolute Gasteiger partial charge is 0.106 e. The zero-order valence-electron chi connectivity index (χ0n) is 13.9. The molecule has 0 aliphatic carbocycles. The van der Waals surface area contributed by atoms with Crippen molar-refractivity contribution >= 4 is 27.3 Å². The minimum atomic E-state index is 0.445. The number of halogens is 1. The first-order valence-corrected chi connectivity index (χ1v) is 8.50. The highest BCUT2D eigenvalue weighted by atomic mass is 79.9. The van der Waals surface area contributed by atoms with Crippen molar-refractivity contribution in [1.82, 2.24) is 4.98 Å². The van der Waals surface area contributed by atoms with Crippen LogP contribution >= 0.6 is 15.9 Å². The summed E-state index contributed by atoms with van der Waals surface area (Å²) in [7, 11) is 0. The first-order chi connectivity index (χ1) is 10.4. The van der Waals surface area contributed by atoms with Crippen LogP contribution in [0.25, 0.3) is 0 Å². The molecule has 0 atom stereocenters. The van der Waals surface area contributed by atoms with E-state index in [2.05, 4.69) is 66.8 Å². The van der Waals surface area contributed by atoms with Gasteiger partial charge < -0.3 is 0 Å². The summed E-state index contributed by atoms with van der Waals surface area (Å²) in [5.41, 5.74) is 5.53. The molecule has 3 heteroatoms. The molecule has 2 nitrogen and oxygen atoms in total. The predicted octanol–water partition coefficient (Wildman–Crippen LogP) is 6.23. The van der Waals surface area contributed by atoms with Crippen molar-refractivity contribution in [3.63, 3.8) is 0 Å². The van der Waals surface area contributed by atoms with Crippen LogP contribution in [0.2, 0.25) is 0 Å². The second-order valence-corrected chi connectivity index (χ2v) is 6.95. The van der Waals surface area contributed by atoms with Gasteiger partial charge in [-0.1, -0.05) is 52.0 Å². The molecule has 0 saturated carbocycles. The molecule has 0 amide bonds. The van der Waals surface area contributed by atoms with E-state index in [0.29, 0.717) is 11.8 Å². The third-order valence-corrected chi connectivity index (χ3v) is 4.15. The van der Waals surface area contributed by atoms with Gasteiger partial charge in [0.1, 0.15) is 4.60 Å². The molecule has 2 aromatic rings. The van der Waals surface area contributed by atoms with Crippen LogP contribution < -0.4 is 0 Å². The number of rotatable bonds is 4. The molecule has 22 heavy (non-hydrogen) atoms. The molecule has 1 aromatic carbocycles. The number of hydrogen-bond acceptors (Lipinski definition) is 2. The normalized spacial score (nSPS) is 12.3. The van der Waals surface area contributed by atoms with E-state index in [1.165, 1.54) is 11.1 Å². The molecule has 1 heterocycles. The maximum atomic E-state index is 4.95. The highest BCUT2D eigenvalue weighted by molar-refractivity contribution is 9.10. The van der Waals surface area contributed by atoms with Gasteiger partial charge in [-0.2, -0.15) is 0 Å². The summed E-state index contributed by atoms with van der Waals surface area (Å²) >= 11 is 3.43. The second kappa shape index (κ2) is 7.19. The van der Waals surface area contributed by atoms with Gasteiger partial charge in [0.25, 0.3) is 0 Å². The number of hydrogen-bond donors (Lipinski definition) is 0. The maximum Gasteiger partial charge on any atom is 0.106 e. The Balaban J connectivity index is 2.58. The average molecular weight is 359 g/mol. The Kier molecular flexibility index (Phi) is 5.52. The summed E-state index contributed by atoms with van der Waals surface area (Å²) in [6.45, 7) is 10.9. The predicted molar refractivity (Wildman–Crippen MR) is 98.4 cm³/mol. The number of nitrogens with zero attached hydrogens (tertiary/aromatic N) is 2. The van der Waals surface area contributed by atoms with Gasteiger partial charge >= 0.3 is 0 Å². The fourth-order valence-corrected chi connectivity index (χ4v) is 2.82. The van der Waals surface area contributed by atoms with Gasteiger partial charge in [-0.05, 0) is 57.9 Å². The van der Waals surface area contributed by atoms with Crippen LogP contribution in [0.1, 0.15) is 63.3 Å². The largest absolute Gasteiger partial charge is 0.251 e. The Hall–Kier alpha value is -1.48. The molecule has 0 aliphatic rings. The minimum Gasteiger partial charge on any atom is -0.251 e. The monoisotopic (exact) mass is 358 g/mol. The molecule has 1 aromatic heterocycles. The van der Waals surface area contributed by atoms with E-state index in [1.54, 1.807) is 0 Å². The molecule has 116 valence electrons. The molecule has 0 N–H and O–H groups in total. The second-order valence-electron chi connectivity index (χ2n) is 6.14. The molecule has 2 rings (SSSR count). The van der Waals surface area contributed by atoms with E-state index in [9.17, 15) is 0 Å². The van der Waals surface area contributed by atoms with E-state index < -0.39 is 0 Å². The van der Waals surface area contributed by atoms with Gasteiger partial charge in [0.2, 0.25) is 0 Å². The van der Waals surface area contributed by atoms with Gasteiger partial charge in [0.05, 0.1) is 17.1 Å². The summed E-state index contributed by atoms with van der Waals surface area (Å²) in [6, 6.07) is 12.4. The van der Waals surface area contributed by atoms with E-state index in [4.69, 9.17) is 4.99 Å². The Labute approximate surface area is 141 Å². The van der Waals surface area contributed by atoms with Gasteiger partial charge in [0, 0.05) is 0 Å². The Morgan fingerprint density at radius 3 is 2.00 bits per heavy atom. The first kappa shape index (κ1) is 16.9. The van der Waals surface area contributed by atoms with E-state index in [0.717, 1.165) is 21.7 Å². The molecule has 0 fully saturated rings. The van der Waals surface area contributed by atoms with Crippen LogP contribution in [0.5, 0.6) is 0 Å². The third-order valence-electron chi connectivity index (χ3n) is 3.71. The molecule has 0 spiro atoms. The topological polar surface area (TPSA) is 25.2 Å². The summed E-state index contributed by atoms with van der Waals surface area (Å²) in [4.78, 5) is 9.45. The van der Waals surface area contributed by atoms with Crippen molar-refractivity contribution < 1.29 is 0 Å². The van der Waals surface area contributed by atoms with Crippen LogP contribution in [0.3, 0.4) is 0 Å². The molecular weight excluding hydrogens is 336 g/mol. The third kappa shape index (κ3) is 3.83. The molecule has 0 aliphatic heterocycles. The average Bonchev–Trinajstić information content (AvgIpc) is 2.46. The standard InChI is InChI=1S/C19H23BrN2/c1-12(2)15-8-6-9-16(13(3)4)19(15)21-14(5)17-10-7-11-18(20)22-17/h6-13H,1-5H3/b21-14+. The van der Waals surface area contributed by atoms with Crippen molar-refractivity contribution in [3.8, 4) is 0 Å². The lowest BCUT2D eigenvalue weighted by Crippen LogP contribution is -2.01. The van der Waals surface area contributed by atoms with Crippen LogP contribution in [0, 0.1) is 0 Å². The number of para-hydroxylation sites is 1. The zero-order valence-corrected chi connectivity index (χ0v) is 15.5. The molecule has 0 saturated heterocycles. The van der Waals surface area contributed by atoms with Crippen molar-refractivity contribution in [2.75, 3.05) is 0 Å². The van der Waals surface area contributed by atoms with Gasteiger partial charge in [-0.25, -0.2) is 4.98 Å². The van der Waals surface area contributed by atoms with Gasteiger partial charge in [0.15, 0.2) is 0 Å². The van der Waals surface area contributed by atoms with Gasteiger partial charge in [-0.15, -0.1) is 0 Å². The Morgan fingerprint density at radius 2 is 1.50 bits per heavy atom. The van der Waals surface area contributed by atoms with Crippen molar-refractivity contribution in [1.29, 1.82) is 0 Å². The quantitative estimate of drug-likeness (QED) is 0.469. The molecule has 0 bridgehead atoms. The molecular formula is C19H23BrN2. The van der Waals surface area contributed by atoms with Crippen LogP contribution in [-0.4, -0.2) is 10.7 Å². The summed E-state index contributed by atoms with van der Waals surface area (Å²) < 4.78 is 0.834. The minimum absolute atomic E-state index is 0.445. The van der Waals surface area contributed by atoms with E-state index >= 15 is 0 Å².